The molecule has 0 bridgehead atoms. The van der Waals surface area contributed by atoms with Crippen LogP contribution < -0.4 is 0 Å². The summed E-state index contributed by atoms with van der Waals surface area (Å²) in [5.41, 5.74) is 2.61. The van der Waals surface area contributed by atoms with Crippen molar-refractivity contribution in [2.75, 3.05) is 19.7 Å². The van der Waals surface area contributed by atoms with Crippen LogP contribution in [0, 0.1) is 6.92 Å². The molecule has 0 heterocycles. The highest BCUT2D eigenvalue weighted by Crippen LogP contribution is 2.20. The summed E-state index contributed by atoms with van der Waals surface area (Å²) < 4.78 is 4.96. The van der Waals surface area contributed by atoms with Crippen LogP contribution in [0.1, 0.15) is 50.8 Å². The summed E-state index contributed by atoms with van der Waals surface area (Å²) in [5, 5.41) is 0. The zero-order valence-electron chi connectivity index (χ0n) is 13.2. The van der Waals surface area contributed by atoms with Gasteiger partial charge in [-0.15, -0.1) is 0 Å². The average Bonchev–Trinajstić information content (AvgIpc) is 2.44. The van der Waals surface area contributed by atoms with Gasteiger partial charge < -0.3 is 4.74 Å². The van der Waals surface area contributed by atoms with E-state index in [0.29, 0.717) is 19.1 Å². The molecule has 20 heavy (non-hydrogen) atoms. The Morgan fingerprint density at radius 2 is 1.90 bits per heavy atom. The van der Waals surface area contributed by atoms with E-state index in [1.807, 2.05) is 6.92 Å². The molecule has 0 aliphatic carbocycles. The van der Waals surface area contributed by atoms with Crippen molar-refractivity contribution in [1.29, 1.82) is 0 Å². The summed E-state index contributed by atoms with van der Waals surface area (Å²) in [7, 11) is 0. The number of hydrogen-bond donors (Lipinski definition) is 0. The minimum Gasteiger partial charge on any atom is -0.466 e. The van der Waals surface area contributed by atoms with Crippen LogP contribution in [0.3, 0.4) is 0 Å². The van der Waals surface area contributed by atoms with Crippen molar-refractivity contribution in [2.24, 2.45) is 0 Å². The van der Waals surface area contributed by atoms with Gasteiger partial charge in [-0.25, -0.2) is 0 Å². The summed E-state index contributed by atoms with van der Waals surface area (Å²) in [6, 6.07) is 9.06. The van der Waals surface area contributed by atoms with Crippen molar-refractivity contribution >= 4 is 5.97 Å². The van der Waals surface area contributed by atoms with Gasteiger partial charge in [0.25, 0.3) is 0 Å². The summed E-state index contributed by atoms with van der Waals surface area (Å²) in [4.78, 5) is 13.7. The Hall–Kier alpha value is -1.35. The molecule has 3 heteroatoms. The number of nitrogens with zero attached hydrogens (tertiary/aromatic N) is 1. The van der Waals surface area contributed by atoms with Gasteiger partial charge in [-0.2, -0.15) is 0 Å². The molecule has 112 valence electrons. The van der Waals surface area contributed by atoms with Crippen LogP contribution in [0.2, 0.25) is 0 Å². The Morgan fingerprint density at radius 1 is 1.25 bits per heavy atom. The number of carbonyl (C=O) groups is 1. The second-order valence-corrected chi connectivity index (χ2v) is 5.12. The molecule has 0 radical (unpaired) electrons. The van der Waals surface area contributed by atoms with Gasteiger partial charge in [0.05, 0.1) is 6.61 Å². The maximum absolute atomic E-state index is 11.3. The molecule has 0 N–H and O–H groups in total. The van der Waals surface area contributed by atoms with Gasteiger partial charge in [0.1, 0.15) is 0 Å². The minimum absolute atomic E-state index is 0.0912. The van der Waals surface area contributed by atoms with Gasteiger partial charge in [0, 0.05) is 12.5 Å². The van der Waals surface area contributed by atoms with Crippen LogP contribution in [-0.4, -0.2) is 30.6 Å². The standard InChI is InChI=1S/C17H27NO2/c1-5-18(13-7-8-17(19)20-6-2)15(4)16-11-9-14(3)10-12-16/h9-12,15H,5-8,13H2,1-4H3. The van der Waals surface area contributed by atoms with Crippen LogP contribution in [0.4, 0.5) is 0 Å². The zero-order chi connectivity index (χ0) is 15.0. The molecule has 3 nitrogen and oxygen atoms in total. The topological polar surface area (TPSA) is 29.5 Å². The highest BCUT2D eigenvalue weighted by atomic mass is 16.5. The first-order valence-electron chi connectivity index (χ1n) is 7.54. The van der Waals surface area contributed by atoms with E-state index in [1.165, 1.54) is 11.1 Å². The van der Waals surface area contributed by atoms with Gasteiger partial charge in [0.15, 0.2) is 0 Å². The molecule has 1 atom stereocenters. The normalized spacial score (nSPS) is 12.4. The average molecular weight is 277 g/mol. The molecule has 0 saturated carbocycles. The van der Waals surface area contributed by atoms with Gasteiger partial charge in [-0.1, -0.05) is 36.8 Å². The van der Waals surface area contributed by atoms with Crippen molar-refractivity contribution < 1.29 is 9.53 Å². The largest absolute Gasteiger partial charge is 0.466 e. The lowest BCUT2D eigenvalue weighted by Gasteiger charge is -2.28. The fraction of sp³-hybridized carbons (Fsp3) is 0.588. The van der Waals surface area contributed by atoms with Crippen LogP contribution in [-0.2, 0) is 9.53 Å². The highest BCUT2D eigenvalue weighted by molar-refractivity contribution is 5.69. The lowest BCUT2D eigenvalue weighted by atomic mass is 10.0. The van der Waals surface area contributed by atoms with E-state index in [-0.39, 0.29) is 5.97 Å². The van der Waals surface area contributed by atoms with E-state index < -0.39 is 0 Å². The summed E-state index contributed by atoms with van der Waals surface area (Å²) in [5.74, 6) is -0.0912. The number of aryl methyl sites for hydroxylation is 1. The Kier molecular flexibility index (Phi) is 7.31. The first-order chi connectivity index (χ1) is 9.58. The monoisotopic (exact) mass is 277 g/mol. The lowest BCUT2D eigenvalue weighted by Crippen LogP contribution is -2.28. The summed E-state index contributed by atoms with van der Waals surface area (Å²) in [6.45, 7) is 10.7. The summed E-state index contributed by atoms with van der Waals surface area (Å²) >= 11 is 0. The lowest BCUT2D eigenvalue weighted by molar-refractivity contribution is -0.143. The molecule has 1 aromatic rings. The predicted molar refractivity (Wildman–Crippen MR) is 82.7 cm³/mol. The predicted octanol–water partition coefficient (Wildman–Crippen LogP) is 3.72. The third-order valence-corrected chi connectivity index (χ3v) is 3.65. The van der Waals surface area contributed by atoms with E-state index >= 15 is 0 Å². The van der Waals surface area contributed by atoms with Crippen LogP contribution in [0.15, 0.2) is 24.3 Å². The van der Waals surface area contributed by atoms with Crippen molar-refractivity contribution in [1.82, 2.24) is 4.90 Å². The number of ether oxygens (including phenoxy) is 1. The Bertz CT molecular complexity index is 400. The second-order valence-electron chi connectivity index (χ2n) is 5.12. The molecule has 1 rings (SSSR count). The van der Waals surface area contributed by atoms with Crippen molar-refractivity contribution in [3.8, 4) is 0 Å². The Labute approximate surface area is 122 Å². The van der Waals surface area contributed by atoms with Gasteiger partial charge in [0.2, 0.25) is 0 Å². The third kappa shape index (κ3) is 5.33. The first kappa shape index (κ1) is 16.7. The van der Waals surface area contributed by atoms with Crippen molar-refractivity contribution in [3.05, 3.63) is 35.4 Å². The van der Waals surface area contributed by atoms with E-state index in [1.54, 1.807) is 0 Å². The fourth-order valence-electron chi connectivity index (χ4n) is 2.34. The minimum atomic E-state index is -0.0912. The fourth-order valence-corrected chi connectivity index (χ4v) is 2.34. The van der Waals surface area contributed by atoms with E-state index in [0.717, 1.165) is 19.5 Å². The Balaban J connectivity index is 2.48. The number of esters is 1. The maximum atomic E-state index is 11.3. The third-order valence-electron chi connectivity index (χ3n) is 3.65. The maximum Gasteiger partial charge on any atom is 0.305 e. The van der Waals surface area contributed by atoms with Crippen molar-refractivity contribution in [3.63, 3.8) is 0 Å². The molecule has 0 aliphatic rings. The quantitative estimate of drug-likeness (QED) is 0.678. The van der Waals surface area contributed by atoms with Gasteiger partial charge in [-0.3, -0.25) is 9.69 Å². The van der Waals surface area contributed by atoms with Crippen LogP contribution in [0.25, 0.3) is 0 Å². The first-order valence-corrected chi connectivity index (χ1v) is 7.54. The number of carbonyl (C=O) groups excluding carboxylic acids is 1. The molecule has 1 unspecified atom stereocenters. The number of rotatable bonds is 8. The molecule has 0 amide bonds. The molecule has 0 spiro atoms. The molecule has 0 fully saturated rings. The molecular weight excluding hydrogens is 250 g/mol. The number of hydrogen-bond acceptors (Lipinski definition) is 3. The molecular formula is C17H27NO2. The smallest absolute Gasteiger partial charge is 0.305 e. The molecule has 0 aromatic heterocycles. The molecule has 0 saturated heterocycles. The SMILES string of the molecule is CCOC(=O)CCCN(CC)C(C)c1ccc(C)cc1. The van der Waals surface area contributed by atoms with Gasteiger partial charge >= 0.3 is 5.97 Å². The second kappa shape index (κ2) is 8.75. The van der Waals surface area contributed by atoms with E-state index in [2.05, 4.69) is 49.9 Å². The van der Waals surface area contributed by atoms with Crippen molar-refractivity contribution in [2.45, 2.75) is 46.6 Å². The zero-order valence-corrected chi connectivity index (χ0v) is 13.2. The molecule has 0 aliphatic heterocycles. The molecule has 1 aromatic carbocycles. The highest BCUT2D eigenvalue weighted by Gasteiger charge is 2.14. The van der Waals surface area contributed by atoms with E-state index in [4.69, 9.17) is 4.74 Å². The van der Waals surface area contributed by atoms with E-state index in [9.17, 15) is 4.79 Å². The van der Waals surface area contributed by atoms with Gasteiger partial charge in [-0.05, 0) is 45.8 Å². The summed E-state index contributed by atoms with van der Waals surface area (Å²) in [6.07, 6.45) is 1.35. The number of benzene rings is 1. The van der Waals surface area contributed by atoms with Crippen LogP contribution in [0.5, 0.6) is 0 Å². The Morgan fingerprint density at radius 3 is 2.45 bits per heavy atom. The van der Waals surface area contributed by atoms with Crippen LogP contribution >= 0.6 is 0 Å².